The molecule has 26 heavy (non-hydrogen) atoms. The van der Waals surface area contributed by atoms with Gasteiger partial charge in [0.2, 0.25) is 0 Å². The molecule has 6 nitrogen and oxygen atoms in total. The van der Waals surface area contributed by atoms with Crippen molar-refractivity contribution in [3.05, 3.63) is 60.2 Å². The summed E-state index contributed by atoms with van der Waals surface area (Å²) < 4.78 is 8.06. The Labute approximate surface area is 149 Å². The molecule has 1 N–H and O–H groups in total. The molecule has 6 heteroatoms. The van der Waals surface area contributed by atoms with Crippen molar-refractivity contribution in [2.45, 2.75) is 13.5 Å². The lowest BCUT2D eigenvalue weighted by atomic mass is 10.2. The van der Waals surface area contributed by atoms with Crippen molar-refractivity contribution >= 4 is 38.9 Å². The van der Waals surface area contributed by atoms with E-state index in [0.717, 1.165) is 33.3 Å². The van der Waals surface area contributed by atoms with Gasteiger partial charge in [0.25, 0.3) is 0 Å². The van der Waals surface area contributed by atoms with Crippen LogP contribution in [-0.4, -0.2) is 19.5 Å². The first-order valence-corrected chi connectivity index (χ1v) is 8.49. The molecule has 0 radical (unpaired) electrons. The van der Waals surface area contributed by atoms with Gasteiger partial charge in [-0.15, -0.1) is 0 Å². The number of hydrogen-bond donors (Lipinski definition) is 1. The van der Waals surface area contributed by atoms with E-state index < -0.39 is 0 Å². The van der Waals surface area contributed by atoms with Crippen molar-refractivity contribution in [1.82, 2.24) is 19.5 Å². The van der Waals surface area contributed by atoms with Crippen LogP contribution in [0, 0.1) is 6.92 Å². The molecule has 3 aromatic heterocycles. The Kier molecular flexibility index (Phi) is 3.18. The molecule has 0 unspecified atom stereocenters. The third kappa shape index (κ3) is 2.23. The maximum absolute atomic E-state index is 5.96. The summed E-state index contributed by atoms with van der Waals surface area (Å²) in [5, 5.41) is 4.34. The van der Waals surface area contributed by atoms with Crippen molar-refractivity contribution in [1.29, 1.82) is 0 Å². The number of hydrogen-bond acceptors (Lipinski definition) is 5. The molecule has 0 bridgehead atoms. The highest BCUT2D eigenvalue weighted by Crippen LogP contribution is 2.30. The molecule has 0 aliphatic rings. The van der Waals surface area contributed by atoms with Crippen molar-refractivity contribution in [3.63, 3.8) is 0 Å². The molecule has 0 fully saturated rings. The van der Waals surface area contributed by atoms with E-state index in [9.17, 15) is 0 Å². The summed E-state index contributed by atoms with van der Waals surface area (Å²) in [7, 11) is 2.03. The van der Waals surface area contributed by atoms with Crippen LogP contribution in [0.4, 0.5) is 5.82 Å². The van der Waals surface area contributed by atoms with Gasteiger partial charge >= 0.3 is 0 Å². The molecule has 0 atom stereocenters. The third-order valence-corrected chi connectivity index (χ3v) is 4.70. The number of nitrogens with zero attached hydrogens (tertiary/aromatic N) is 4. The van der Waals surface area contributed by atoms with Crippen molar-refractivity contribution in [2.24, 2.45) is 7.05 Å². The molecule has 0 spiro atoms. The van der Waals surface area contributed by atoms with Crippen LogP contribution in [0.5, 0.6) is 0 Å². The third-order valence-electron chi connectivity index (χ3n) is 4.70. The van der Waals surface area contributed by atoms with Gasteiger partial charge in [0.1, 0.15) is 23.3 Å². The number of rotatable bonds is 3. The Hall–Kier alpha value is -3.41. The molecular weight excluding hydrogens is 326 g/mol. The number of anilines is 1. The van der Waals surface area contributed by atoms with E-state index in [4.69, 9.17) is 9.40 Å². The van der Waals surface area contributed by atoms with E-state index in [1.807, 2.05) is 31.3 Å². The number of aryl methyl sites for hydroxylation is 2. The lowest BCUT2D eigenvalue weighted by Gasteiger charge is -2.06. The first-order chi connectivity index (χ1) is 12.7. The van der Waals surface area contributed by atoms with Crippen LogP contribution in [0.1, 0.15) is 11.4 Å². The predicted molar refractivity (Wildman–Crippen MR) is 102 cm³/mol. The van der Waals surface area contributed by atoms with Crippen LogP contribution in [-0.2, 0) is 13.6 Å². The minimum atomic E-state index is 0.549. The highest BCUT2D eigenvalue weighted by molar-refractivity contribution is 6.05. The van der Waals surface area contributed by atoms with Gasteiger partial charge in [-0.1, -0.05) is 18.2 Å². The molecule has 0 saturated carbocycles. The van der Waals surface area contributed by atoms with Crippen LogP contribution in [0.15, 0.2) is 53.2 Å². The lowest BCUT2D eigenvalue weighted by molar-refractivity contribution is 0.666. The Balaban J connectivity index is 1.53. The van der Waals surface area contributed by atoms with Crippen LogP contribution < -0.4 is 5.32 Å². The van der Waals surface area contributed by atoms with Crippen molar-refractivity contribution < 1.29 is 4.42 Å². The molecule has 3 heterocycles. The zero-order valence-corrected chi connectivity index (χ0v) is 14.5. The Bertz CT molecular complexity index is 1270. The first kappa shape index (κ1) is 14.9. The highest BCUT2D eigenvalue weighted by atomic mass is 16.3. The van der Waals surface area contributed by atoms with E-state index in [0.29, 0.717) is 17.9 Å². The molecule has 0 amide bonds. The van der Waals surface area contributed by atoms with E-state index in [2.05, 4.69) is 45.0 Å². The number of furan rings is 1. The zero-order valence-electron chi connectivity index (χ0n) is 14.5. The van der Waals surface area contributed by atoms with Gasteiger partial charge in [-0.25, -0.2) is 15.0 Å². The first-order valence-electron chi connectivity index (χ1n) is 8.49. The molecule has 0 saturated heterocycles. The van der Waals surface area contributed by atoms with E-state index in [1.165, 1.54) is 5.56 Å². The summed E-state index contributed by atoms with van der Waals surface area (Å²) in [5.41, 5.74) is 5.62. The van der Waals surface area contributed by atoms with E-state index in [-0.39, 0.29) is 0 Å². The number of aromatic nitrogens is 4. The minimum absolute atomic E-state index is 0.549. The van der Waals surface area contributed by atoms with E-state index in [1.54, 1.807) is 6.33 Å². The van der Waals surface area contributed by atoms with Crippen LogP contribution in [0.2, 0.25) is 0 Å². The van der Waals surface area contributed by atoms with Crippen LogP contribution in [0.3, 0.4) is 0 Å². The summed E-state index contributed by atoms with van der Waals surface area (Å²) in [4.78, 5) is 13.5. The number of imidazole rings is 1. The van der Waals surface area contributed by atoms with Gasteiger partial charge in [-0.3, -0.25) is 0 Å². The monoisotopic (exact) mass is 343 g/mol. The summed E-state index contributed by atoms with van der Waals surface area (Å²) in [5.74, 6) is 1.61. The smallest absolute Gasteiger partial charge is 0.196 e. The highest BCUT2D eigenvalue weighted by Gasteiger charge is 2.14. The minimum Gasteiger partial charge on any atom is -0.450 e. The lowest BCUT2D eigenvalue weighted by Crippen LogP contribution is -2.07. The summed E-state index contributed by atoms with van der Waals surface area (Å²) in [6, 6.07) is 14.2. The molecule has 5 rings (SSSR count). The average Bonchev–Trinajstić information content (AvgIpc) is 3.18. The Morgan fingerprint density at radius 1 is 1.12 bits per heavy atom. The second-order valence-corrected chi connectivity index (χ2v) is 6.43. The molecular formula is C20H17N5O. The molecule has 5 aromatic rings. The molecule has 0 aliphatic carbocycles. The van der Waals surface area contributed by atoms with Crippen molar-refractivity contribution in [3.8, 4) is 0 Å². The SMILES string of the molecule is Cc1ccc2c(c1)nc(CNc1ncnc3c1oc1ccccc13)n2C. The number of benzene rings is 2. The average molecular weight is 343 g/mol. The summed E-state index contributed by atoms with van der Waals surface area (Å²) in [6.45, 7) is 2.62. The standard InChI is InChI=1S/C20H17N5O/c1-12-7-8-15-14(9-12)24-17(25(15)2)10-21-20-19-18(22-11-23-20)13-5-3-4-6-16(13)26-19/h3-9,11H,10H2,1-2H3,(H,21,22,23). The maximum atomic E-state index is 5.96. The van der Waals surface area contributed by atoms with Crippen LogP contribution in [0.25, 0.3) is 33.1 Å². The fraction of sp³-hybridized carbons (Fsp3) is 0.150. The Morgan fingerprint density at radius 3 is 2.92 bits per heavy atom. The molecule has 0 aliphatic heterocycles. The molecule has 128 valence electrons. The largest absolute Gasteiger partial charge is 0.450 e. The Morgan fingerprint density at radius 2 is 2.00 bits per heavy atom. The van der Waals surface area contributed by atoms with Crippen molar-refractivity contribution in [2.75, 3.05) is 5.32 Å². The topological polar surface area (TPSA) is 68.8 Å². The van der Waals surface area contributed by atoms with Gasteiger partial charge in [0.05, 0.1) is 17.6 Å². The zero-order chi connectivity index (χ0) is 17.7. The summed E-state index contributed by atoms with van der Waals surface area (Å²) in [6.07, 6.45) is 1.56. The second kappa shape index (κ2) is 5.56. The van der Waals surface area contributed by atoms with Crippen LogP contribution >= 0.6 is 0 Å². The fourth-order valence-electron chi connectivity index (χ4n) is 3.33. The summed E-state index contributed by atoms with van der Waals surface area (Å²) >= 11 is 0. The second-order valence-electron chi connectivity index (χ2n) is 6.43. The van der Waals surface area contributed by atoms with Gasteiger partial charge in [0.15, 0.2) is 11.4 Å². The normalized spacial score (nSPS) is 11.6. The van der Waals surface area contributed by atoms with Gasteiger partial charge in [0, 0.05) is 12.4 Å². The van der Waals surface area contributed by atoms with Gasteiger partial charge in [-0.05, 0) is 36.8 Å². The fourth-order valence-corrected chi connectivity index (χ4v) is 3.33. The number of nitrogens with one attached hydrogen (secondary N) is 1. The predicted octanol–water partition coefficient (Wildman–Crippen LogP) is 4.18. The quantitative estimate of drug-likeness (QED) is 0.532. The van der Waals surface area contributed by atoms with Gasteiger partial charge in [-0.2, -0.15) is 0 Å². The number of para-hydroxylation sites is 1. The van der Waals surface area contributed by atoms with Gasteiger partial charge < -0.3 is 14.3 Å². The number of fused-ring (bicyclic) bond motifs is 4. The maximum Gasteiger partial charge on any atom is 0.196 e. The molecule has 2 aromatic carbocycles. The van der Waals surface area contributed by atoms with E-state index >= 15 is 0 Å².